The van der Waals surface area contributed by atoms with Crippen LogP contribution in [0.1, 0.15) is 37.7 Å². The predicted octanol–water partition coefficient (Wildman–Crippen LogP) is 4.22. The first-order valence-corrected chi connectivity index (χ1v) is 7.86. The van der Waals surface area contributed by atoms with Crippen LogP contribution in [0.5, 0.6) is 0 Å². The Labute approximate surface area is 113 Å². The zero-order valence-corrected chi connectivity index (χ0v) is 12.0. The lowest BCUT2D eigenvalue weighted by molar-refractivity contribution is 0.158. The van der Waals surface area contributed by atoms with Crippen LogP contribution in [-0.2, 0) is 6.54 Å². The van der Waals surface area contributed by atoms with Crippen LogP contribution in [0.4, 0.5) is 0 Å². The van der Waals surface area contributed by atoms with Gasteiger partial charge in [-0.15, -0.1) is 0 Å². The van der Waals surface area contributed by atoms with Crippen molar-refractivity contribution in [1.82, 2.24) is 4.90 Å². The van der Waals surface area contributed by atoms with Crippen molar-refractivity contribution in [1.29, 1.82) is 0 Å². The number of alkyl halides is 1. The maximum Gasteiger partial charge on any atom is 0.0237 e. The van der Waals surface area contributed by atoms with E-state index in [1.165, 1.54) is 44.2 Å². The summed E-state index contributed by atoms with van der Waals surface area (Å²) in [5.74, 6) is 0. The monoisotopic (exact) mass is 295 g/mol. The fourth-order valence-corrected chi connectivity index (χ4v) is 3.22. The fourth-order valence-electron chi connectivity index (χ4n) is 2.76. The number of benzene rings is 1. The van der Waals surface area contributed by atoms with E-state index in [-0.39, 0.29) is 0 Å². The predicted molar refractivity (Wildman–Crippen MR) is 77.5 cm³/mol. The molecule has 0 unspecified atom stereocenters. The largest absolute Gasteiger partial charge is 0.295 e. The first kappa shape index (κ1) is 13.1. The molecule has 1 aromatic rings. The quantitative estimate of drug-likeness (QED) is 0.735. The molecule has 0 bridgehead atoms. The van der Waals surface area contributed by atoms with E-state index in [1.807, 2.05) is 0 Å². The molecule has 0 aliphatic heterocycles. The SMILES string of the molecule is BrCCN(Cc1ccccc1)C1CCCCC1. The Morgan fingerprint density at radius 3 is 2.41 bits per heavy atom. The van der Waals surface area contributed by atoms with Gasteiger partial charge in [0.15, 0.2) is 0 Å². The summed E-state index contributed by atoms with van der Waals surface area (Å²) in [5.41, 5.74) is 1.44. The van der Waals surface area contributed by atoms with Crippen molar-refractivity contribution in [2.45, 2.75) is 44.7 Å². The summed E-state index contributed by atoms with van der Waals surface area (Å²) >= 11 is 3.59. The lowest BCUT2D eigenvalue weighted by Crippen LogP contribution is -2.37. The Bertz CT molecular complexity index is 306. The van der Waals surface area contributed by atoms with Crippen molar-refractivity contribution in [2.24, 2.45) is 0 Å². The van der Waals surface area contributed by atoms with Gasteiger partial charge < -0.3 is 0 Å². The van der Waals surface area contributed by atoms with Crippen LogP contribution in [0.2, 0.25) is 0 Å². The Balaban J connectivity index is 1.96. The summed E-state index contributed by atoms with van der Waals surface area (Å²) in [5, 5.41) is 1.08. The third-order valence-electron chi connectivity index (χ3n) is 3.69. The fraction of sp³-hybridized carbons (Fsp3) is 0.600. The van der Waals surface area contributed by atoms with Crippen LogP contribution in [0.15, 0.2) is 30.3 Å². The van der Waals surface area contributed by atoms with Crippen molar-refractivity contribution in [2.75, 3.05) is 11.9 Å². The van der Waals surface area contributed by atoms with Crippen LogP contribution >= 0.6 is 15.9 Å². The van der Waals surface area contributed by atoms with Gasteiger partial charge in [-0.1, -0.05) is 65.5 Å². The van der Waals surface area contributed by atoms with E-state index in [4.69, 9.17) is 0 Å². The molecule has 1 saturated carbocycles. The van der Waals surface area contributed by atoms with Gasteiger partial charge in [0.05, 0.1) is 0 Å². The highest BCUT2D eigenvalue weighted by Gasteiger charge is 2.20. The van der Waals surface area contributed by atoms with Gasteiger partial charge >= 0.3 is 0 Å². The van der Waals surface area contributed by atoms with E-state index >= 15 is 0 Å². The van der Waals surface area contributed by atoms with Crippen molar-refractivity contribution in [3.05, 3.63) is 35.9 Å². The first-order chi connectivity index (χ1) is 8.40. The van der Waals surface area contributed by atoms with Gasteiger partial charge in [-0.3, -0.25) is 4.90 Å². The Morgan fingerprint density at radius 2 is 1.76 bits per heavy atom. The number of rotatable bonds is 5. The van der Waals surface area contributed by atoms with Crippen LogP contribution in [0.3, 0.4) is 0 Å². The highest BCUT2D eigenvalue weighted by atomic mass is 79.9. The second kappa shape index (κ2) is 7.17. The van der Waals surface area contributed by atoms with Crippen LogP contribution < -0.4 is 0 Å². The highest BCUT2D eigenvalue weighted by Crippen LogP contribution is 2.24. The molecule has 0 spiro atoms. The Hall–Kier alpha value is -0.340. The molecule has 2 heteroatoms. The summed E-state index contributed by atoms with van der Waals surface area (Å²) in [4.78, 5) is 2.66. The van der Waals surface area contributed by atoms with Gasteiger partial charge in [0.1, 0.15) is 0 Å². The molecule has 1 nitrogen and oxygen atoms in total. The third-order valence-corrected chi connectivity index (χ3v) is 4.05. The smallest absolute Gasteiger partial charge is 0.0237 e. The molecule has 0 heterocycles. The molecule has 1 fully saturated rings. The minimum Gasteiger partial charge on any atom is -0.295 e. The average Bonchev–Trinajstić information content (AvgIpc) is 2.40. The summed E-state index contributed by atoms with van der Waals surface area (Å²) < 4.78 is 0. The van der Waals surface area contributed by atoms with Crippen molar-refractivity contribution < 1.29 is 0 Å². The molecule has 2 rings (SSSR count). The van der Waals surface area contributed by atoms with Gasteiger partial charge in [-0.05, 0) is 18.4 Å². The van der Waals surface area contributed by atoms with Crippen LogP contribution in [0.25, 0.3) is 0 Å². The summed E-state index contributed by atoms with van der Waals surface area (Å²) in [6.45, 7) is 2.27. The van der Waals surface area contributed by atoms with Crippen molar-refractivity contribution in [3.63, 3.8) is 0 Å². The maximum atomic E-state index is 3.59. The molecular weight excluding hydrogens is 274 g/mol. The first-order valence-electron chi connectivity index (χ1n) is 6.74. The molecule has 0 atom stereocenters. The van der Waals surface area contributed by atoms with E-state index in [0.29, 0.717) is 0 Å². The van der Waals surface area contributed by atoms with Gasteiger partial charge in [0.25, 0.3) is 0 Å². The maximum absolute atomic E-state index is 3.59. The minimum absolute atomic E-state index is 0.807. The summed E-state index contributed by atoms with van der Waals surface area (Å²) in [7, 11) is 0. The number of hydrogen-bond acceptors (Lipinski definition) is 1. The zero-order valence-electron chi connectivity index (χ0n) is 10.4. The van der Waals surface area contributed by atoms with E-state index < -0.39 is 0 Å². The van der Waals surface area contributed by atoms with Crippen molar-refractivity contribution in [3.8, 4) is 0 Å². The molecule has 17 heavy (non-hydrogen) atoms. The van der Waals surface area contributed by atoms with E-state index in [9.17, 15) is 0 Å². The Kier molecular flexibility index (Phi) is 5.53. The molecule has 94 valence electrons. The molecule has 0 aromatic heterocycles. The van der Waals surface area contributed by atoms with Gasteiger partial charge in [-0.2, -0.15) is 0 Å². The highest BCUT2D eigenvalue weighted by molar-refractivity contribution is 9.09. The van der Waals surface area contributed by atoms with Gasteiger partial charge in [0, 0.05) is 24.5 Å². The molecule has 0 amide bonds. The van der Waals surface area contributed by atoms with Crippen molar-refractivity contribution >= 4 is 15.9 Å². The molecule has 1 aliphatic carbocycles. The van der Waals surface area contributed by atoms with E-state index in [0.717, 1.165) is 17.9 Å². The van der Waals surface area contributed by atoms with E-state index in [2.05, 4.69) is 51.2 Å². The number of halogens is 1. The van der Waals surface area contributed by atoms with Gasteiger partial charge in [-0.25, -0.2) is 0 Å². The lowest BCUT2D eigenvalue weighted by Gasteiger charge is -2.34. The second-order valence-corrected chi connectivity index (χ2v) is 5.73. The van der Waals surface area contributed by atoms with Crippen LogP contribution in [0, 0.1) is 0 Å². The van der Waals surface area contributed by atoms with Crippen LogP contribution in [-0.4, -0.2) is 22.8 Å². The third kappa shape index (κ3) is 4.11. The van der Waals surface area contributed by atoms with Gasteiger partial charge in [0.2, 0.25) is 0 Å². The topological polar surface area (TPSA) is 3.24 Å². The Morgan fingerprint density at radius 1 is 1.06 bits per heavy atom. The molecular formula is C15H22BrN. The normalized spacial score (nSPS) is 17.5. The minimum atomic E-state index is 0.807. The second-order valence-electron chi connectivity index (χ2n) is 4.94. The molecule has 0 N–H and O–H groups in total. The standard InChI is InChI=1S/C15H22BrN/c16-11-12-17(15-9-5-2-6-10-15)13-14-7-3-1-4-8-14/h1,3-4,7-8,15H,2,5-6,9-13H2. The summed E-state index contributed by atoms with van der Waals surface area (Å²) in [6.07, 6.45) is 7.04. The summed E-state index contributed by atoms with van der Waals surface area (Å²) in [6, 6.07) is 11.7. The molecule has 1 aromatic carbocycles. The molecule has 0 radical (unpaired) electrons. The lowest BCUT2D eigenvalue weighted by atomic mass is 9.94. The average molecular weight is 296 g/mol. The number of nitrogens with zero attached hydrogens (tertiary/aromatic N) is 1. The molecule has 1 aliphatic rings. The number of hydrogen-bond donors (Lipinski definition) is 0. The molecule has 0 saturated heterocycles. The van der Waals surface area contributed by atoms with E-state index in [1.54, 1.807) is 0 Å². The zero-order chi connectivity index (χ0) is 11.9.